The van der Waals surface area contributed by atoms with Crippen molar-refractivity contribution in [2.24, 2.45) is 5.73 Å². The second-order valence-corrected chi connectivity index (χ2v) is 5.45. The number of benzene rings is 1. The molecule has 2 amide bonds. The molecule has 98 valence electrons. The maximum Gasteiger partial charge on any atom is 0.260 e. The summed E-state index contributed by atoms with van der Waals surface area (Å²) in [5.41, 5.74) is 5.21. The number of nitrogens with zero attached hydrogens (tertiary/aromatic N) is 1. The average Bonchev–Trinajstić information content (AvgIpc) is 2.76. The molecular formula is C11H7BrFN3O2S. The van der Waals surface area contributed by atoms with Gasteiger partial charge in [-0.2, -0.15) is 0 Å². The summed E-state index contributed by atoms with van der Waals surface area (Å²) < 4.78 is 13.6. The largest absolute Gasteiger partial charge is 0.365 e. The van der Waals surface area contributed by atoms with Crippen molar-refractivity contribution in [1.29, 1.82) is 0 Å². The normalized spacial score (nSPS) is 10.2. The van der Waals surface area contributed by atoms with E-state index in [1.54, 1.807) is 0 Å². The van der Waals surface area contributed by atoms with E-state index in [1.807, 2.05) is 0 Å². The minimum absolute atomic E-state index is 0.141. The molecule has 3 N–H and O–H groups in total. The first kappa shape index (κ1) is 13.6. The predicted octanol–water partition coefficient (Wildman–Crippen LogP) is 2.40. The molecule has 19 heavy (non-hydrogen) atoms. The van der Waals surface area contributed by atoms with Gasteiger partial charge in [0, 0.05) is 10.0 Å². The van der Waals surface area contributed by atoms with E-state index in [2.05, 4.69) is 26.2 Å². The van der Waals surface area contributed by atoms with Crippen LogP contribution >= 0.6 is 27.3 Å². The van der Waals surface area contributed by atoms with Crippen molar-refractivity contribution in [1.82, 2.24) is 4.98 Å². The number of aromatic nitrogens is 1. The summed E-state index contributed by atoms with van der Waals surface area (Å²) in [5.74, 6) is -1.67. The van der Waals surface area contributed by atoms with Gasteiger partial charge in [0.1, 0.15) is 10.7 Å². The number of halogens is 2. The molecule has 0 spiro atoms. The van der Waals surface area contributed by atoms with E-state index in [-0.39, 0.29) is 15.6 Å². The van der Waals surface area contributed by atoms with E-state index in [4.69, 9.17) is 5.73 Å². The number of amides is 2. The van der Waals surface area contributed by atoms with Crippen molar-refractivity contribution in [3.8, 4) is 0 Å². The lowest BCUT2D eigenvalue weighted by Gasteiger charge is -2.02. The Labute approximate surface area is 119 Å². The van der Waals surface area contributed by atoms with E-state index in [1.165, 1.54) is 18.3 Å². The SMILES string of the molecule is NC(=O)c1cnc(NC(=O)c2cc(F)cc(Br)c2)s1. The quantitative estimate of drug-likeness (QED) is 0.897. The summed E-state index contributed by atoms with van der Waals surface area (Å²) in [5, 5.41) is 2.68. The molecule has 5 nitrogen and oxygen atoms in total. The Kier molecular flexibility index (Phi) is 3.91. The van der Waals surface area contributed by atoms with Gasteiger partial charge in [-0.15, -0.1) is 0 Å². The van der Waals surface area contributed by atoms with Gasteiger partial charge in [0.2, 0.25) is 0 Å². The number of hydrogen-bond acceptors (Lipinski definition) is 4. The fourth-order valence-corrected chi connectivity index (χ4v) is 2.43. The summed E-state index contributed by atoms with van der Waals surface area (Å²) in [4.78, 5) is 26.8. The molecule has 0 aliphatic carbocycles. The second-order valence-electron chi connectivity index (χ2n) is 3.51. The Morgan fingerprint density at radius 2 is 2.11 bits per heavy atom. The van der Waals surface area contributed by atoms with Crippen molar-refractivity contribution >= 4 is 44.2 Å². The van der Waals surface area contributed by atoms with Crippen LogP contribution in [0.5, 0.6) is 0 Å². The van der Waals surface area contributed by atoms with Crippen LogP contribution in [0.25, 0.3) is 0 Å². The highest BCUT2D eigenvalue weighted by molar-refractivity contribution is 9.10. The number of anilines is 1. The van der Waals surface area contributed by atoms with E-state index in [0.717, 1.165) is 17.4 Å². The molecule has 1 aromatic heterocycles. The van der Waals surface area contributed by atoms with Crippen LogP contribution in [0.3, 0.4) is 0 Å². The van der Waals surface area contributed by atoms with E-state index in [0.29, 0.717) is 4.47 Å². The van der Waals surface area contributed by atoms with Gasteiger partial charge in [-0.25, -0.2) is 9.37 Å². The molecule has 0 aliphatic rings. The van der Waals surface area contributed by atoms with Crippen LogP contribution in [0, 0.1) is 5.82 Å². The zero-order valence-corrected chi connectivity index (χ0v) is 11.7. The van der Waals surface area contributed by atoms with E-state index < -0.39 is 17.6 Å². The summed E-state index contributed by atoms with van der Waals surface area (Å²) in [6.07, 6.45) is 1.27. The van der Waals surface area contributed by atoms with Gasteiger partial charge in [0.05, 0.1) is 6.20 Å². The molecule has 0 saturated carbocycles. The number of carbonyl (C=O) groups is 2. The topological polar surface area (TPSA) is 85.1 Å². The summed E-state index contributed by atoms with van der Waals surface area (Å²) >= 11 is 4.04. The molecule has 0 unspecified atom stereocenters. The van der Waals surface area contributed by atoms with Crippen molar-refractivity contribution < 1.29 is 14.0 Å². The van der Waals surface area contributed by atoms with Gasteiger partial charge in [-0.05, 0) is 18.2 Å². The fraction of sp³-hybridized carbons (Fsp3) is 0. The second kappa shape index (κ2) is 5.45. The van der Waals surface area contributed by atoms with E-state index >= 15 is 0 Å². The Balaban J connectivity index is 2.18. The van der Waals surface area contributed by atoms with Crippen LogP contribution in [0.4, 0.5) is 9.52 Å². The van der Waals surface area contributed by atoms with Gasteiger partial charge in [-0.1, -0.05) is 27.3 Å². The van der Waals surface area contributed by atoms with Crippen molar-refractivity contribution in [2.45, 2.75) is 0 Å². The molecule has 8 heteroatoms. The first-order chi connectivity index (χ1) is 8.95. The van der Waals surface area contributed by atoms with Crippen LogP contribution in [0.15, 0.2) is 28.9 Å². The molecule has 0 atom stereocenters. The Morgan fingerprint density at radius 3 is 2.68 bits per heavy atom. The molecule has 1 heterocycles. The molecular weight excluding hydrogens is 337 g/mol. The lowest BCUT2D eigenvalue weighted by molar-refractivity contribution is 0.100. The number of carbonyl (C=O) groups excluding carboxylic acids is 2. The maximum absolute atomic E-state index is 13.2. The zero-order valence-electron chi connectivity index (χ0n) is 9.31. The highest BCUT2D eigenvalue weighted by Crippen LogP contribution is 2.20. The zero-order chi connectivity index (χ0) is 14.0. The summed E-state index contributed by atoms with van der Waals surface area (Å²) in [6, 6.07) is 3.81. The smallest absolute Gasteiger partial charge is 0.260 e. The average molecular weight is 344 g/mol. The summed E-state index contributed by atoms with van der Waals surface area (Å²) in [7, 11) is 0. The van der Waals surface area contributed by atoms with Crippen LogP contribution in [0.1, 0.15) is 20.0 Å². The van der Waals surface area contributed by atoms with Crippen molar-refractivity contribution in [2.75, 3.05) is 5.32 Å². The number of primary amides is 1. The monoisotopic (exact) mass is 343 g/mol. The lowest BCUT2D eigenvalue weighted by Crippen LogP contribution is -2.12. The number of nitrogens with two attached hydrogens (primary N) is 1. The summed E-state index contributed by atoms with van der Waals surface area (Å²) in [6.45, 7) is 0. The number of rotatable bonds is 3. The third kappa shape index (κ3) is 3.36. The van der Waals surface area contributed by atoms with Gasteiger partial charge in [0.15, 0.2) is 5.13 Å². The predicted molar refractivity (Wildman–Crippen MR) is 72.7 cm³/mol. The third-order valence-corrected chi connectivity index (χ3v) is 3.48. The number of hydrogen-bond donors (Lipinski definition) is 2. The minimum Gasteiger partial charge on any atom is -0.365 e. The van der Waals surface area contributed by atoms with Gasteiger partial charge < -0.3 is 5.73 Å². The Morgan fingerprint density at radius 1 is 1.37 bits per heavy atom. The van der Waals surface area contributed by atoms with Crippen LogP contribution < -0.4 is 11.1 Å². The third-order valence-electron chi connectivity index (χ3n) is 2.09. The lowest BCUT2D eigenvalue weighted by atomic mass is 10.2. The van der Waals surface area contributed by atoms with Gasteiger partial charge >= 0.3 is 0 Å². The maximum atomic E-state index is 13.2. The first-order valence-electron chi connectivity index (χ1n) is 4.99. The Bertz CT molecular complexity index is 639. The van der Waals surface area contributed by atoms with Crippen molar-refractivity contribution in [3.63, 3.8) is 0 Å². The van der Waals surface area contributed by atoms with Crippen LogP contribution in [0.2, 0.25) is 0 Å². The van der Waals surface area contributed by atoms with Crippen molar-refractivity contribution in [3.05, 3.63) is 45.1 Å². The van der Waals surface area contributed by atoms with Gasteiger partial charge in [0.25, 0.3) is 11.8 Å². The molecule has 0 bridgehead atoms. The number of nitrogens with one attached hydrogen (secondary N) is 1. The standard InChI is InChI=1S/C11H7BrFN3O2S/c12-6-1-5(2-7(13)3-6)10(18)16-11-15-4-8(19-11)9(14)17/h1-4H,(H2,14,17)(H,15,16,18). The highest BCUT2D eigenvalue weighted by atomic mass is 79.9. The molecule has 0 saturated heterocycles. The number of thiazole rings is 1. The van der Waals surface area contributed by atoms with Gasteiger partial charge in [-0.3, -0.25) is 14.9 Å². The molecule has 2 rings (SSSR count). The molecule has 2 aromatic rings. The van der Waals surface area contributed by atoms with E-state index in [9.17, 15) is 14.0 Å². The molecule has 0 radical (unpaired) electrons. The minimum atomic E-state index is -0.619. The Hall–Kier alpha value is -1.80. The van der Waals surface area contributed by atoms with Crippen LogP contribution in [-0.2, 0) is 0 Å². The highest BCUT2D eigenvalue weighted by Gasteiger charge is 2.12. The molecule has 0 aliphatic heterocycles. The fourth-order valence-electron chi connectivity index (χ4n) is 1.30. The first-order valence-corrected chi connectivity index (χ1v) is 6.60. The van der Waals surface area contributed by atoms with Crippen LogP contribution in [-0.4, -0.2) is 16.8 Å². The molecule has 0 fully saturated rings. The molecule has 1 aromatic carbocycles.